The summed E-state index contributed by atoms with van der Waals surface area (Å²) in [5.41, 5.74) is 2.22. The molecule has 102 valence electrons. The van der Waals surface area contributed by atoms with Gasteiger partial charge in [-0.2, -0.15) is 0 Å². The van der Waals surface area contributed by atoms with E-state index in [0.29, 0.717) is 19.5 Å². The second kappa shape index (κ2) is 7.48. The second-order valence-electron chi connectivity index (χ2n) is 4.29. The lowest BCUT2D eigenvalue weighted by Crippen LogP contribution is -2.24. The van der Waals surface area contributed by atoms with Crippen molar-refractivity contribution in [1.29, 1.82) is 0 Å². The van der Waals surface area contributed by atoms with Gasteiger partial charge in [0.25, 0.3) is 0 Å². The molecule has 1 N–H and O–H groups in total. The number of sulfone groups is 1. The number of pyridine rings is 1. The lowest BCUT2D eigenvalue weighted by molar-refractivity contribution is 0.588. The Kier molecular flexibility index (Phi) is 6.29. The van der Waals surface area contributed by atoms with Crippen LogP contribution in [0, 0.1) is 0 Å². The quantitative estimate of drug-likeness (QED) is 0.728. The minimum atomic E-state index is -2.88. The van der Waals surface area contributed by atoms with Crippen LogP contribution >= 0.6 is 0 Å². The SMILES string of the molecule is CCCS(=O)(=O)CCNCc1ncccc1CC. The zero-order valence-corrected chi connectivity index (χ0v) is 12.0. The summed E-state index contributed by atoms with van der Waals surface area (Å²) in [5, 5.41) is 3.15. The van der Waals surface area contributed by atoms with E-state index in [-0.39, 0.29) is 11.5 Å². The molecule has 5 heteroatoms. The highest BCUT2D eigenvalue weighted by Gasteiger charge is 2.08. The molecule has 1 rings (SSSR count). The van der Waals surface area contributed by atoms with E-state index in [1.807, 2.05) is 13.0 Å². The first-order valence-electron chi connectivity index (χ1n) is 6.43. The molecule has 0 unspecified atom stereocenters. The van der Waals surface area contributed by atoms with Gasteiger partial charge in [0.1, 0.15) is 0 Å². The Hall–Kier alpha value is -0.940. The molecule has 0 radical (unpaired) electrons. The van der Waals surface area contributed by atoms with Gasteiger partial charge in [0, 0.05) is 25.0 Å². The molecule has 0 aromatic carbocycles. The van der Waals surface area contributed by atoms with Crippen LogP contribution in [0.25, 0.3) is 0 Å². The second-order valence-corrected chi connectivity index (χ2v) is 6.60. The highest BCUT2D eigenvalue weighted by Crippen LogP contribution is 2.05. The minimum absolute atomic E-state index is 0.204. The Balaban J connectivity index is 2.38. The van der Waals surface area contributed by atoms with Crippen molar-refractivity contribution >= 4 is 9.84 Å². The molecular formula is C13H22N2O2S. The first-order valence-corrected chi connectivity index (χ1v) is 8.25. The third kappa shape index (κ3) is 5.14. The van der Waals surface area contributed by atoms with Crippen LogP contribution in [-0.2, 0) is 22.8 Å². The van der Waals surface area contributed by atoms with E-state index in [2.05, 4.69) is 23.3 Å². The van der Waals surface area contributed by atoms with Crippen LogP contribution in [-0.4, -0.2) is 31.5 Å². The van der Waals surface area contributed by atoms with Crippen LogP contribution in [0.4, 0.5) is 0 Å². The summed E-state index contributed by atoms with van der Waals surface area (Å²) in [4.78, 5) is 4.31. The van der Waals surface area contributed by atoms with E-state index in [4.69, 9.17) is 0 Å². The topological polar surface area (TPSA) is 59.1 Å². The number of nitrogens with zero attached hydrogens (tertiary/aromatic N) is 1. The van der Waals surface area contributed by atoms with E-state index in [1.165, 1.54) is 5.56 Å². The van der Waals surface area contributed by atoms with Crippen molar-refractivity contribution in [3.63, 3.8) is 0 Å². The van der Waals surface area contributed by atoms with Gasteiger partial charge < -0.3 is 5.32 Å². The summed E-state index contributed by atoms with van der Waals surface area (Å²) < 4.78 is 23.0. The van der Waals surface area contributed by atoms with Crippen LogP contribution in [0.3, 0.4) is 0 Å². The van der Waals surface area contributed by atoms with Crippen LogP contribution in [0.15, 0.2) is 18.3 Å². The minimum Gasteiger partial charge on any atom is -0.310 e. The van der Waals surface area contributed by atoms with E-state index < -0.39 is 9.84 Å². The fourth-order valence-electron chi connectivity index (χ4n) is 1.80. The van der Waals surface area contributed by atoms with Gasteiger partial charge >= 0.3 is 0 Å². The van der Waals surface area contributed by atoms with E-state index in [1.54, 1.807) is 6.20 Å². The Morgan fingerprint density at radius 2 is 2.06 bits per heavy atom. The van der Waals surface area contributed by atoms with Gasteiger partial charge in [-0.3, -0.25) is 4.98 Å². The highest BCUT2D eigenvalue weighted by molar-refractivity contribution is 7.91. The molecule has 4 nitrogen and oxygen atoms in total. The smallest absolute Gasteiger partial charge is 0.151 e. The van der Waals surface area contributed by atoms with Gasteiger partial charge in [-0.25, -0.2) is 8.42 Å². The molecule has 1 aromatic heterocycles. The van der Waals surface area contributed by atoms with Crippen molar-refractivity contribution in [2.45, 2.75) is 33.2 Å². The number of hydrogen-bond acceptors (Lipinski definition) is 4. The molecule has 0 amide bonds. The van der Waals surface area contributed by atoms with Gasteiger partial charge in [-0.1, -0.05) is 19.9 Å². The predicted octanol–water partition coefficient (Wildman–Crippen LogP) is 1.56. The maximum atomic E-state index is 11.5. The van der Waals surface area contributed by atoms with Crippen molar-refractivity contribution in [3.8, 4) is 0 Å². The third-order valence-corrected chi connectivity index (χ3v) is 4.62. The lowest BCUT2D eigenvalue weighted by Gasteiger charge is -2.08. The van der Waals surface area contributed by atoms with Gasteiger partial charge in [0.05, 0.1) is 11.4 Å². The van der Waals surface area contributed by atoms with Gasteiger partial charge in [-0.05, 0) is 24.5 Å². The molecule has 0 saturated heterocycles. The summed E-state index contributed by atoms with van der Waals surface area (Å²) in [5.74, 6) is 0.480. The fourth-order valence-corrected chi connectivity index (χ4v) is 3.08. The first kappa shape index (κ1) is 15.1. The maximum absolute atomic E-state index is 11.5. The molecule has 0 saturated carbocycles. The van der Waals surface area contributed by atoms with E-state index in [0.717, 1.165) is 12.1 Å². The summed E-state index contributed by atoms with van der Waals surface area (Å²) in [6, 6.07) is 3.98. The van der Waals surface area contributed by atoms with E-state index in [9.17, 15) is 8.42 Å². The number of aromatic nitrogens is 1. The summed E-state index contributed by atoms with van der Waals surface area (Å²) in [7, 11) is -2.88. The molecule has 0 aliphatic heterocycles. The average molecular weight is 270 g/mol. The average Bonchev–Trinajstić information content (AvgIpc) is 2.35. The van der Waals surface area contributed by atoms with Crippen molar-refractivity contribution in [2.24, 2.45) is 0 Å². The highest BCUT2D eigenvalue weighted by atomic mass is 32.2. The van der Waals surface area contributed by atoms with Gasteiger partial charge in [0.2, 0.25) is 0 Å². The van der Waals surface area contributed by atoms with Crippen molar-refractivity contribution in [3.05, 3.63) is 29.6 Å². The van der Waals surface area contributed by atoms with Gasteiger partial charge in [0.15, 0.2) is 9.84 Å². The Bertz CT molecular complexity index is 458. The fraction of sp³-hybridized carbons (Fsp3) is 0.615. The number of rotatable bonds is 8. The maximum Gasteiger partial charge on any atom is 0.151 e. The van der Waals surface area contributed by atoms with Crippen molar-refractivity contribution in [1.82, 2.24) is 10.3 Å². The molecule has 0 fully saturated rings. The van der Waals surface area contributed by atoms with Crippen LogP contribution in [0.1, 0.15) is 31.5 Å². The molecule has 18 heavy (non-hydrogen) atoms. The van der Waals surface area contributed by atoms with Crippen molar-refractivity contribution < 1.29 is 8.42 Å². The van der Waals surface area contributed by atoms with Gasteiger partial charge in [-0.15, -0.1) is 0 Å². The largest absolute Gasteiger partial charge is 0.310 e. The molecular weight excluding hydrogens is 248 g/mol. The van der Waals surface area contributed by atoms with Crippen LogP contribution in [0.5, 0.6) is 0 Å². The van der Waals surface area contributed by atoms with Crippen molar-refractivity contribution in [2.75, 3.05) is 18.1 Å². The zero-order valence-electron chi connectivity index (χ0n) is 11.1. The molecule has 1 heterocycles. The molecule has 0 aliphatic carbocycles. The van der Waals surface area contributed by atoms with E-state index >= 15 is 0 Å². The molecule has 0 bridgehead atoms. The summed E-state index contributed by atoms with van der Waals surface area (Å²) in [6.07, 6.45) is 3.39. The number of hydrogen-bond donors (Lipinski definition) is 1. The van der Waals surface area contributed by atoms with Crippen LogP contribution < -0.4 is 5.32 Å². The number of aryl methyl sites for hydroxylation is 1. The summed E-state index contributed by atoms with van der Waals surface area (Å²) in [6.45, 7) is 5.09. The monoisotopic (exact) mass is 270 g/mol. The first-order chi connectivity index (χ1) is 8.59. The lowest BCUT2D eigenvalue weighted by atomic mass is 10.1. The van der Waals surface area contributed by atoms with Crippen LogP contribution in [0.2, 0.25) is 0 Å². The summed E-state index contributed by atoms with van der Waals surface area (Å²) >= 11 is 0. The third-order valence-electron chi connectivity index (χ3n) is 2.76. The molecule has 0 aliphatic rings. The molecule has 0 atom stereocenters. The Labute approximate surface area is 110 Å². The zero-order chi connectivity index (χ0) is 13.4. The normalized spacial score (nSPS) is 11.7. The molecule has 1 aromatic rings. The number of nitrogens with one attached hydrogen (secondary N) is 1. The molecule has 0 spiro atoms. The standard InChI is InChI=1S/C13H22N2O2S/c1-3-9-18(16,17)10-8-14-11-13-12(4-2)6-5-7-15-13/h5-7,14H,3-4,8-11H2,1-2H3. The predicted molar refractivity (Wildman–Crippen MR) is 74.3 cm³/mol. The Morgan fingerprint density at radius 3 is 2.72 bits per heavy atom. The Morgan fingerprint density at radius 1 is 1.28 bits per heavy atom.